The van der Waals surface area contributed by atoms with Crippen LogP contribution in [0.5, 0.6) is 0 Å². The Morgan fingerprint density at radius 2 is 2.23 bits per heavy atom. The predicted octanol–water partition coefficient (Wildman–Crippen LogP) is 1.33. The summed E-state index contributed by atoms with van der Waals surface area (Å²) < 4.78 is 0. The molecule has 4 rings (SSSR count). The van der Waals surface area contributed by atoms with Crippen molar-refractivity contribution in [1.82, 2.24) is 15.5 Å². The van der Waals surface area contributed by atoms with Crippen molar-refractivity contribution in [3.63, 3.8) is 0 Å². The lowest BCUT2D eigenvalue weighted by molar-refractivity contribution is -0.137. The van der Waals surface area contributed by atoms with Gasteiger partial charge < -0.3 is 15.5 Å². The number of carbonyl (C=O) groups excluding carboxylic acids is 1. The van der Waals surface area contributed by atoms with Crippen LogP contribution in [-0.4, -0.2) is 48.4 Å². The first kappa shape index (κ1) is 14.0. The van der Waals surface area contributed by atoms with E-state index < -0.39 is 0 Å². The summed E-state index contributed by atoms with van der Waals surface area (Å²) in [6, 6.07) is 0.206. The number of piperidine rings is 1. The van der Waals surface area contributed by atoms with Crippen molar-refractivity contribution in [3.8, 4) is 0 Å². The van der Waals surface area contributed by atoms with Gasteiger partial charge >= 0.3 is 0 Å². The molecular formula is C17H24N4O. The van der Waals surface area contributed by atoms with E-state index in [1.807, 2.05) is 6.21 Å². The second-order valence-electron chi connectivity index (χ2n) is 6.66. The van der Waals surface area contributed by atoms with E-state index in [2.05, 4.69) is 27.7 Å². The molecule has 0 saturated carbocycles. The molecule has 3 unspecified atom stereocenters. The van der Waals surface area contributed by atoms with Crippen LogP contribution in [0.2, 0.25) is 0 Å². The van der Waals surface area contributed by atoms with E-state index >= 15 is 0 Å². The smallest absolute Gasteiger partial charge is 0.240 e. The summed E-state index contributed by atoms with van der Waals surface area (Å²) in [5.41, 5.74) is 2.46. The SMILES string of the molecule is O=C(C1CCCN1)N1CCCCC1C1N=CC2=C(C=CC2)N1. The molecule has 1 aliphatic carbocycles. The molecule has 3 heterocycles. The first-order valence-electron chi connectivity index (χ1n) is 8.56. The van der Waals surface area contributed by atoms with Crippen molar-refractivity contribution in [2.24, 2.45) is 4.99 Å². The number of likely N-dealkylation sites (tertiary alicyclic amines) is 1. The molecule has 0 bridgehead atoms. The Morgan fingerprint density at radius 3 is 3.09 bits per heavy atom. The summed E-state index contributed by atoms with van der Waals surface area (Å²) >= 11 is 0. The maximum atomic E-state index is 12.8. The van der Waals surface area contributed by atoms with Crippen molar-refractivity contribution >= 4 is 12.1 Å². The van der Waals surface area contributed by atoms with Crippen LogP contribution in [0.4, 0.5) is 0 Å². The lowest BCUT2D eigenvalue weighted by Gasteiger charge is -2.41. The molecule has 0 aromatic rings. The molecule has 118 valence electrons. The van der Waals surface area contributed by atoms with Gasteiger partial charge in [-0.25, -0.2) is 0 Å². The van der Waals surface area contributed by atoms with Crippen molar-refractivity contribution in [3.05, 3.63) is 23.4 Å². The van der Waals surface area contributed by atoms with Crippen molar-refractivity contribution < 1.29 is 4.79 Å². The second-order valence-corrected chi connectivity index (χ2v) is 6.66. The fourth-order valence-electron chi connectivity index (χ4n) is 4.00. The van der Waals surface area contributed by atoms with Crippen LogP contribution in [0, 0.1) is 0 Å². The molecule has 0 radical (unpaired) electrons. The molecule has 3 aliphatic heterocycles. The van der Waals surface area contributed by atoms with E-state index in [4.69, 9.17) is 4.99 Å². The topological polar surface area (TPSA) is 56.7 Å². The number of amides is 1. The average molecular weight is 300 g/mol. The third kappa shape index (κ3) is 2.47. The van der Waals surface area contributed by atoms with Crippen LogP contribution in [-0.2, 0) is 4.79 Å². The molecule has 5 nitrogen and oxygen atoms in total. The third-order valence-corrected chi connectivity index (χ3v) is 5.22. The van der Waals surface area contributed by atoms with Gasteiger partial charge in [0.1, 0.15) is 6.17 Å². The second kappa shape index (κ2) is 5.88. The number of nitrogens with zero attached hydrogens (tertiary/aromatic N) is 2. The zero-order valence-electron chi connectivity index (χ0n) is 12.9. The molecule has 22 heavy (non-hydrogen) atoms. The van der Waals surface area contributed by atoms with E-state index in [1.165, 1.54) is 17.7 Å². The summed E-state index contributed by atoms with van der Waals surface area (Å²) in [6.07, 6.45) is 12.7. The van der Waals surface area contributed by atoms with E-state index in [0.717, 1.165) is 45.2 Å². The quantitative estimate of drug-likeness (QED) is 0.809. The van der Waals surface area contributed by atoms with Gasteiger partial charge in [-0.05, 0) is 56.7 Å². The number of aliphatic imine (C=N–C) groups is 1. The van der Waals surface area contributed by atoms with Crippen molar-refractivity contribution in [2.45, 2.75) is 56.8 Å². The van der Waals surface area contributed by atoms with Crippen molar-refractivity contribution in [1.29, 1.82) is 0 Å². The number of hydrogen-bond acceptors (Lipinski definition) is 4. The van der Waals surface area contributed by atoms with Crippen LogP contribution in [0.25, 0.3) is 0 Å². The first-order valence-corrected chi connectivity index (χ1v) is 8.56. The Hall–Kier alpha value is -1.62. The molecule has 2 saturated heterocycles. The fourth-order valence-corrected chi connectivity index (χ4v) is 4.00. The number of rotatable bonds is 2. The van der Waals surface area contributed by atoms with E-state index in [-0.39, 0.29) is 24.2 Å². The lowest BCUT2D eigenvalue weighted by atomic mass is 9.97. The predicted molar refractivity (Wildman–Crippen MR) is 86.6 cm³/mol. The summed E-state index contributed by atoms with van der Waals surface area (Å²) in [7, 11) is 0. The van der Waals surface area contributed by atoms with E-state index in [1.54, 1.807) is 0 Å². The minimum atomic E-state index is 0.00662. The van der Waals surface area contributed by atoms with Crippen molar-refractivity contribution in [2.75, 3.05) is 13.1 Å². The molecule has 1 amide bonds. The number of nitrogens with one attached hydrogen (secondary N) is 2. The first-order chi connectivity index (χ1) is 10.8. The Labute approximate surface area is 131 Å². The minimum absolute atomic E-state index is 0.00662. The average Bonchev–Trinajstić information content (AvgIpc) is 3.24. The number of carbonyl (C=O) groups is 1. The molecule has 0 spiro atoms. The number of allylic oxidation sites excluding steroid dienone is 3. The van der Waals surface area contributed by atoms with Crippen LogP contribution in [0.3, 0.4) is 0 Å². The Kier molecular flexibility index (Phi) is 3.74. The molecule has 0 aromatic heterocycles. The highest BCUT2D eigenvalue weighted by Gasteiger charge is 2.37. The monoisotopic (exact) mass is 300 g/mol. The fraction of sp³-hybridized carbons (Fsp3) is 0.647. The van der Waals surface area contributed by atoms with Gasteiger partial charge in [0.05, 0.1) is 12.1 Å². The summed E-state index contributed by atoms with van der Waals surface area (Å²) in [6.45, 7) is 1.84. The van der Waals surface area contributed by atoms with Gasteiger partial charge in [0.2, 0.25) is 5.91 Å². The van der Waals surface area contributed by atoms with Crippen LogP contribution in [0.15, 0.2) is 28.4 Å². The summed E-state index contributed by atoms with van der Waals surface area (Å²) in [5, 5.41) is 6.88. The molecular weight excluding hydrogens is 276 g/mol. The molecule has 2 fully saturated rings. The Morgan fingerprint density at radius 1 is 1.27 bits per heavy atom. The highest BCUT2D eigenvalue weighted by atomic mass is 16.2. The third-order valence-electron chi connectivity index (χ3n) is 5.22. The van der Waals surface area contributed by atoms with Gasteiger partial charge in [-0.3, -0.25) is 9.79 Å². The van der Waals surface area contributed by atoms with E-state index in [9.17, 15) is 4.79 Å². The zero-order valence-corrected chi connectivity index (χ0v) is 12.9. The largest absolute Gasteiger partial charge is 0.362 e. The van der Waals surface area contributed by atoms with Gasteiger partial charge in [-0.15, -0.1) is 0 Å². The maximum Gasteiger partial charge on any atom is 0.240 e. The molecule has 2 N–H and O–H groups in total. The standard InChI is InChI=1S/C17H24N4O/c22-17(14-7-4-9-18-14)21-10-2-1-8-15(21)16-19-11-12-5-3-6-13(12)20-16/h3,6,11,14-16,18,20H,1-2,4-5,7-10H2. The molecule has 5 heteroatoms. The molecule has 0 aromatic carbocycles. The Balaban J connectivity index is 1.50. The minimum Gasteiger partial charge on any atom is -0.362 e. The molecule has 3 atom stereocenters. The Bertz CT molecular complexity index is 545. The van der Waals surface area contributed by atoms with Crippen LogP contribution < -0.4 is 10.6 Å². The highest BCUT2D eigenvalue weighted by molar-refractivity contribution is 5.84. The van der Waals surface area contributed by atoms with Gasteiger partial charge in [0.15, 0.2) is 0 Å². The lowest BCUT2D eigenvalue weighted by Crippen LogP contribution is -2.57. The zero-order chi connectivity index (χ0) is 14.9. The van der Waals surface area contributed by atoms with Crippen LogP contribution >= 0.6 is 0 Å². The number of hydrogen-bond donors (Lipinski definition) is 2. The maximum absolute atomic E-state index is 12.8. The summed E-state index contributed by atoms with van der Waals surface area (Å²) in [4.78, 5) is 19.6. The summed E-state index contributed by atoms with van der Waals surface area (Å²) in [5.74, 6) is 0.279. The van der Waals surface area contributed by atoms with Gasteiger partial charge in [-0.1, -0.05) is 6.08 Å². The van der Waals surface area contributed by atoms with Gasteiger partial charge in [0, 0.05) is 18.5 Å². The molecule has 4 aliphatic rings. The van der Waals surface area contributed by atoms with Gasteiger partial charge in [0.25, 0.3) is 0 Å². The van der Waals surface area contributed by atoms with Gasteiger partial charge in [-0.2, -0.15) is 0 Å². The normalized spacial score (nSPS) is 34.0. The van der Waals surface area contributed by atoms with E-state index in [0.29, 0.717) is 0 Å². The highest BCUT2D eigenvalue weighted by Crippen LogP contribution is 2.27. The van der Waals surface area contributed by atoms with Crippen LogP contribution in [0.1, 0.15) is 38.5 Å².